The van der Waals surface area contributed by atoms with Crippen LogP contribution in [0.5, 0.6) is 5.75 Å². The predicted octanol–water partition coefficient (Wildman–Crippen LogP) is 5.33. The lowest BCUT2D eigenvalue weighted by Gasteiger charge is -2.14. The Morgan fingerprint density at radius 2 is 1.79 bits per heavy atom. The molecule has 1 amide bonds. The Kier molecular flexibility index (Phi) is 6.93. The smallest absolute Gasteiger partial charge is 0.387 e. The van der Waals surface area contributed by atoms with E-state index in [9.17, 15) is 18.4 Å². The number of thioether (sulfide) groups is 1. The van der Waals surface area contributed by atoms with Crippen molar-refractivity contribution in [1.82, 2.24) is 9.55 Å². The number of ether oxygens (including phenoxy) is 1. The average Bonchev–Trinajstić information content (AvgIpc) is 2.81. The largest absolute Gasteiger partial charge is 0.435 e. The van der Waals surface area contributed by atoms with Gasteiger partial charge < -0.3 is 10.1 Å². The predicted molar refractivity (Wildman–Crippen MR) is 129 cm³/mol. The Morgan fingerprint density at radius 3 is 2.53 bits per heavy atom. The Labute approximate surface area is 198 Å². The fourth-order valence-corrected chi connectivity index (χ4v) is 4.23. The molecule has 0 aliphatic heterocycles. The van der Waals surface area contributed by atoms with Gasteiger partial charge in [0.2, 0.25) is 5.91 Å². The van der Waals surface area contributed by atoms with Crippen LogP contribution in [0.25, 0.3) is 16.6 Å². The van der Waals surface area contributed by atoms with Gasteiger partial charge in [-0.3, -0.25) is 14.2 Å². The van der Waals surface area contributed by atoms with Crippen LogP contribution in [0.4, 0.5) is 14.5 Å². The first kappa shape index (κ1) is 23.4. The van der Waals surface area contributed by atoms with Crippen molar-refractivity contribution in [1.29, 1.82) is 0 Å². The van der Waals surface area contributed by atoms with Crippen LogP contribution < -0.4 is 15.6 Å². The maximum absolute atomic E-state index is 13.3. The molecule has 0 aliphatic rings. The maximum atomic E-state index is 13.3. The van der Waals surface area contributed by atoms with Gasteiger partial charge in [0.25, 0.3) is 5.56 Å². The number of fused-ring (bicyclic) bond motifs is 1. The number of halogens is 2. The van der Waals surface area contributed by atoms with Gasteiger partial charge in [-0.25, -0.2) is 4.98 Å². The van der Waals surface area contributed by atoms with Crippen molar-refractivity contribution in [2.24, 2.45) is 0 Å². The normalized spacial score (nSPS) is 11.1. The molecule has 1 aromatic heterocycles. The van der Waals surface area contributed by atoms with E-state index in [2.05, 4.69) is 15.0 Å². The summed E-state index contributed by atoms with van der Waals surface area (Å²) in [6.45, 7) is 0.953. The van der Waals surface area contributed by atoms with Crippen LogP contribution in [-0.2, 0) is 4.79 Å². The van der Waals surface area contributed by atoms with Crippen LogP contribution in [0.15, 0.2) is 76.7 Å². The molecular formula is C25H21F2N3O3S. The summed E-state index contributed by atoms with van der Waals surface area (Å²) in [6.07, 6.45) is 0. The third-order valence-corrected chi connectivity index (χ3v) is 6.21. The second kappa shape index (κ2) is 10.0. The fourth-order valence-electron chi connectivity index (χ4n) is 3.42. The summed E-state index contributed by atoms with van der Waals surface area (Å²) in [5.41, 5.74) is 3.36. The standard InChI is InChI=1S/C25H21F2N3O3S/c1-15-6-5-9-20(16(15)2)28-22(31)14-34-25-29-21-8-4-3-7-19(21)23(32)30(25)17-10-12-18(13-11-17)33-24(26)27/h3-13,24H,14H2,1-2H3,(H,28,31). The monoisotopic (exact) mass is 481 g/mol. The van der Waals surface area contributed by atoms with E-state index < -0.39 is 6.61 Å². The maximum Gasteiger partial charge on any atom is 0.387 e. The molecule has 0 saturated carbocycles. The second-order valence-electron chi connectivity index (χ2n) is 7.51. The van der Waals surface area contributed by atoms with Gasteiger partial charge in [-0.15, -0.1) is 0 Å². The SMILES string of the molecule is Cc1cccc(NC(=O)CSc2nc3ccccc3c(=O)n2-c2ccc(OC(F)F)cc2)c1C. The van der Waals surface area contributed by atoms with Crippen molar-refractivity contribution in [3.05, 3.63) is 88.2 Å². The van der Waals surface area contributed by atoms with Crippen molar-refractivity contribution in [2.45, 2.75) is 25.6 Å². The molecule has 0 aliphatic carbocycles. The van der Waals surface area contributed by atoms with Gasteiger partial charge in [-0.1, -0.05) is 36.0 Å². The molecule has 0 saturated heterocycles. The number of para-hydroxylation sites is 1. The molecule has 0 atom stereocenters. The lowest BCUT2D eigenvalue weighted by atomic mass is 10.1. The van der Waals surface area contributed by atoms with E-state index in [0.717, 1.165) is 28.6 Å². The molecule has 4 rings (SSSR count). The zero-order valence-electron chi connectivity index (χ0n) is 18.4. The zero-order chi connectivity index (χ0) is 24.2. The molecule has 34 heavy (non-hydrogen) atoms. The minimum Gasteiger partial charge on any atom is -0.435 e. The number of anilines is 1. The highest BCUT2D eigenvalue weighted by Crippen LogP contribution is 2.24. The van der Waals surface area contributed by atoms with E-state index in [1.54, 1.807) is 24.3 Å². The summed E-state index contributed by atoms with van der Waals surface area (Å²) in [7, 11) is 0. The molecule has 0 unspecified atom stereocenters. The third kappa shape index (κ3) is 5.09. The van der Waals surface area contributed by atoms with Crippen molar-refractivity contribution in [3.63, 3.8) is 0 Å². The molecule has 6 nitrogen and oxygen atoms in total. The number of nitrogens with zero attached hydrogens (tertiary/aromatic N) is 2. The number of amides is 1. The summed E-state index contributed by atoms with van der Waals surface area (Å²) in [5.74, 6) is -0.249. The van der Waals surface area contributed by atoms with Crippen molar-refractivity contribution in [3.8, 4) is 11.4 Å². The number of carbonyl (C=O) groups excluding carboxylic acids is 1. The van der Waals surface area contributed by atoms with Crippen LogP contribution in [-0.4, -0.2) is 27.8 Å². The summed E-state index contributed by atoms with van der Waals surface area (Å²) in [6, 6.07) is 18.3. The Balaban J connectivity index is 1.65. The number of aryl methyl sites for hydroxylation is 1. The van der Waals surface area contributed by atoms with Gasteiger partial charge >= 0.3 is 6.61 Å². The first-order valence-corrected chi connectivity index (χ1v) is 11.4. The molecular weight excluding hydrogens is 460 g/mol. The minimum absolute atomic E-state index is 0.0186. The third-order valence-electron chi connectivity index (χ3n) is 5.28. The molecule has 0 bridgehead atoms. The molecule has 9 heteroatoms. The molecule has 3 aromatic carbocycles. The molecule has 4 aromatic rings. The zero-order valence-corrected chi connectivity index (χ0v) is 19.2. The van der Waals surface area contributed by atoms with E-state index in [1.165, 1.54) is 28.8 Å². The highest BCUT2D eigenvalue weighted by molar-refractivity contribution is 7.99. The molecule has 174 valence electrons. The number of nitrogens with one attached hydrogen (secondary N) is 1. The first-order chi connectivity index (χ1) is 16.3. The van der Waals surface area contributed by atoms with Crippen LogP contribution >= 0.6 is 11.8 Å². The topological polar surface area (TPSA) is 73.2 Å². The van der Waals surface area contributed by atoms with Crippen molar-refractivity contribution < 1.29 is 18.3 Å². The number of rotatable bonds is 7. The van der Waals surface area contributed by atoms with Gasteiger partial charge in [0.15, 0.2) is 5.16 Å². The van der Waals surface area contributed by atoms with Gasteiger partial charge in [0, 0.05) is 5.69 Å². The minimum atomic E-state index is -2.95. The van der Waals surface area contributed by atoms with Gasteiger partial charge in [-0.05, 0) is 67.4 Å². The molecule has 1 heterocycles. The summed E-state index contributed by atoms with van der Waals surface area (Å²) < 4.78 is 30.8. The van der Waals surface area contributed by atoms with Gasteiger partial charge in [0.1, 0.15) is 5.75 Å². The van der Waals surface area contributed by atoms with E-state index >= 15 is 0 Å². The van der Waals surface area contributed by atoms with E-state index in [1.807, 2.05) is 32.0 Å². The molecule has 0 spiro atoms. The Hall–Kier alpha value is -3.72. The molecule has 0 radical (unpaired) electrons. The number of hydrogen-bond donors (Lipinski definition) is 1. The fraction of sp³-hybridized carbons (Fsp3) is 0.160. The Bertz CT molecular complexity index is 1410. The molecule has 0 fully saturated rings. The number of carbonyl (C=O) groups is 1. The number of aromatic nitrogens is 2. The number of hydrogen-bond acceptors (Lipinski definition) is 5. The number of alkyl halides is 2. The van der Waals surface area contributed by atoms with E-state index in [4.69, 9.17) is 0 Å². The summed E-state index contributed by atoms with van der Waals surface area (Å²) in [4.78, 5) is 30.5. The highest BCUT2D eigenvalue weighted by atomic mass is 32.2. The summed E-state index contributed by atoms with van der Waals surface area (Å²) >= 11 is 1.11. The first-order valence-electron chi connectivity index (χ1n) is 10.4. The molecule has 1 N–H and O–H groups in total. The van der Waals surface area contributed by atoms with Crippen LogP contribution in [0.2, 0.25) is 0 Å². The average molecular weight is 482 g/mol. The van der Waals surface area contributed by atoms with Crippen molar-refractivity contribution in [2.75, 3.05) is 11.1 Å². The van der Waals surface area contributed by atoms with E-state index in [-0.39, 0.29) is 23.0 Å². The lowest BCUT2D eigenvalue weighted by molar-refractivity contribution is -0.113. The van der Waals surface area contributed by atoms with E-state index in [0.29, 0.717) is 21.7 Å². The highest BCUT2D eigenvalue weighted by Gasteiger charge is 2.16. The van der Waals surface area contributed by atoms with Gasteiger partial charge in [0.05, 0.1) is 22.3 Å². The number of benzene rings is 3. The summed E-state index contributed by atoms with van der Waals surface area (Å²) in [5, 5.41) is 3.61. The van der Waals surface area contributed by atoms with Crippen LogP contribution in [0.1, 0.15) is 11.1 Å². The van der Waals surface area contributed by atoms with Crippen LogP contribution in [0.3, 0.4) is 0 Å². The Morgan fingerprint density at radius 1 is 1.06 bits per heavy atom. The quantitative estimate of drug-likeness (QED) is 0.285. The lowest BCUT2D eigenvalue weighted by Crippen LogP contribution is -2.23. The second-order valence-corrected chi connectivity index (χ2v) is 8.45. The van der Waals surface area contributed by atoms with Crippen LogP contribution in [0, 0.1) is 13.8 Å². The van der Waals surface area contributed by atoms with Gasteiger partial charge in [-0.2, -0.15) is 8.78 Å². The van der Waals surface area contributed by atoms with Crippen molar-refractivity contribution >= 4 is 34.3 Å².